The zero-order chi connectivity index (χ0) is 21.6. The highest BCUT2D eigenvalue weighted by Crippen LogP contribution is 2.39. The summed E-state index contributed by atoms with van der Waals surface area (Å²) in [6.45, 7) is 3.82. The largest absolute Gasteiger partial charge is 0.481 e. The van der Waals surface area contributed by atoms with Crippen molar-refractivity contribution in [2.45, 2.75) is 19.1 Å². The Morgan fingerprint density at radius 3 is 2.61 bits per heavy atom. The average molecular weight is 435 g/mol. The summed E-state index contributed by atoms with van der Waals surface area (Å²) in [5, 5.41) is 18.9. The first-order chi connectivity index (χ1) is 14.9. The molecular formula is C24H23ClN4O2. The molecule has 2 N–H and O–H groups in total. The number of pyridine rings is 1. The molecule has 158 valence electrons. The maximum Gasteiger partial charge on any atom is 0.218 e. The number of hydrogen-bond donors (Lipinski definition) is 2. The van der Waals surface area contributed by atoms with Crippen molar-refractivity contribution >= 4 is 22.5 Å². The lowest BCUT2D eigenvalue weighted by molar-refractivity contribution is -0.0873. The molecule has 0 unspecified atom stereocenters. The molecule has 0 aliphatic carbocycles. The predicted molar refractivity (Wildman–Crippen MR) is 122 cm³/mol. The Kier molecular flexibility index (Phi) is 4.93. The minimum atomic E-state index is -0.605. The second-order valence-corrected chi connectivity index (χ2v) is 8.69. The first-order valence-corrected chi connectivity index (χ1v) is 10.5. The van der Waals surface area contributed by atoms with Gasteiger partial charge in [0.2, 0.25) is 5.88 Å². The Bertz CT molecular complexity index is 1260. The molecule has 31 heavy (non-hydrogen) atoms. The number of rotatable bonds is 5. The number of para-hydroxylation sites is 1. The van der Waals surface area contributed by atoms with Gasteiger partial charge in [0.05, 0.1) is 35.1 Å². The Hall–Kier alpha value is -2.93. The third kappa shape index (κ3) is 3.67. The van der Waals surface area contributed by atoms with Gasteiger partial charge in [0, 0.05) is 47.3 Å². The van der Waals surface area contributed by atoms with Crippen LogP contribution in [0, 0.1) is 0 Å². The highest BCUT2D eigenvalue weighted by atomic mass is 35.5. The average Bonchev–Trinajstić information content (AvgIpc) is 3.22. The van der Waals surface area contributed by atoms with Crippen LogP contribution in [0.2, 0.25) is 5.02 Å². The number of benzene rings is 2. The van der Waals surface area contributed by atoms with Crippen molar-refractivity contribution in [3.05, 3.63) is 65.3 Å². The maximum absolute atomic E-state index is 9.97. The van der Waals surface area contributed by atoms with Crippen molar-refractivity contribution in [3.8, 4) is 28.3 Å². The van der Waals surface area contributed by atoms with Crippen LogP contribution >= 0.6 is 11.6 Å². The van der Waals surface area contributed by atoms with E-state index < -0.39 is 5.60 Å². The van der Waals surface area contributed by atoms with E-state index >= 15 is 0 Å². The van der Waals surface area contributed by atoms with Crippen molar-refractivity contribution in [1.82, 2.24) is 20.1 Å². The topological polar surface area (TPSA) is 74.3 Å². The van der Waals surface area contributed by atoms with Crippen LogP contribution in [-0.2, 0) is 6.54 Å². The molecule has 3 heterocycles. The van der Waals surface area contributed by atoms with Crippen LogP contribution in [-0.4, -0.2) is 51.0 Å². The molecule has 0 radical (unpaired) electrons. The number of likely N-dealkylation sites (tertiary alicyclic amines) is 1. The van der Waals surface area contributed by atoms with Crippen LogP contribution in [0.15, 0.2) is 54.7 Å². The van der Waals surface area contributed by atoms with Gasteiger partial charge in [-0.25, -0.2) is 4.98 Å². The summed E-state index contributed by atoms with van der Waals surface area (Å²) in [7, 11) is 1.62. The fourth-order valence-electron chi connectivity index (χ4n) is 4.32. The molecule has 5 rings (SSSR count). The summed E-state index contributed by atoms with van der Waals surface area (Å²) in [5.41, 5.74) is 4.83. The van der Waals surface area contributed by atoms with Crippen LogP contribution in [0.1, 0.15) is 12.5 Å². The van der Waals surface area contributed by atoms with E-state index in [9.17, 15) is 5.11 Å². The molecule has 0 spiro atoms. The van der Waals surface area contributed by atoms with E-state index in [1.54, 1.807) is 13.3 Å². The first kappa shape index (κ1) is 20.0. The molecule has 1 fully saturated rings. The molecule has 7 heteroatoms. The minimum Gasteiger partial charge on any atom is -0.481 e. The number of H-pyrrole nitrogens is 1. The molecule has 0 bridgehead atoms. The first-order valence-electron chi connectivity index (χ1n) is 10.2. The third-order valence-corrected chi connectivity index (χ3v) is 6.10. The molecule has 0 saturated carbocycles. The fraction of sp³-hybridized carbons (Fsp3) is 0.250. The molecule has 1 saturated heterocycles. The molecule has 2 aromatic heterocycles. The minimum absolute atomic E-state index is 0.571. The second-order valence-electron chi connectivity index (χ2n) is 8.31. The van der Waals surface area contributed by atoms with E-state index in [-0.39, 0.29) is 0 Å². The predicted octanol–water partition coefficient (Wildman–Crippen LogP) is 4.52. The van der Waals surface area contributed by atoms with Crippen molar-refractivity contribution in [1.29, 1.82) is 0 Å². The second kappa shape index (κ2) is 7.64. The summed E-state index contributed by atoms with van der Waals surface area (Å²) < 4.78 is 5.57. The Balaban J connectivity index is 1.51. The van der Waals surface area contributed by atoms with Crippen molar-refractivity contribution < 1.29 is 9.84 Å². The number of methoxy groups -OCH3 is 1. The molecular weight excluding hydrogens is 412 g/mol. The molecule has 1 aliphatic rings. The van der Waals surface area contributed by atoms with Gasteiger partial charge in [-0.15, -0.1) is 0 Å². The summed E-state index contributed by atoms with van der Waals surface area (Å²) in [4.78, 5) is 6.91. The molecule has 2 aromatic carbocycles. The molecule has 6 nitrogen and oxygen atoms in total. The number of nitrogens with zero attached hydrogens (tertiary/aromatic N) is 3. The van der Waals surface area contributed by atoms with Gasteiger partial charge in [-0.1, -0.05) is 54.1 Å². The quantitative estimate of drug-likeness (QED) is 0.483. The highest BCUT2D eigenvalue weighted by Gasteiger charge is 2.36. The van der Waals surface area contributed by atoms with E-state index in [1.807, 2.05) is 55.5 Å². The Morgan fingerprint density at radius 2 is 1.84 bits per heavy atom. The molecule has 0 atom stereocenters. The Morgan fingerprint density at radius 1 is 1.10 bits per heavy atom. The van der Waals surface area contributed by atoms with Gasteiger partial charge >= 0.3 is 0 Å². The summed E-state index contributed by atoms with van der Waals surface area (Å²) in [6.07, 6.45) is 1.80. The van der Waals surface area contributed by atoms with Gasteiger partial charge in [0.15, 0.2) is 0 Å². The van der Waals surface area contributed by atoms with Gasteiger partial charge in [-0.2, -0.15) is 5.10 Å². The standard InChI is InChI=1S/C24H23ClN4O2/c1-24(30)13-29(14-24)12-16-9-10-20(27-23(16)31-2)19-8-4-6-17(21(19)25)18-7-3-5-15-11-26-28-22(15)18/h3-11,30H,12-14H2,1-2H3,(H,26,28). The summed E-state index contributed by atoms with van der Waals surface area (Å²) >= 11 is 6.88. The number of nitrogens with one attached hydrogen (secondary N) is 1. The zero-order valence-electron chi connectivity index (χ0n) is 17.4. The molecule has 1 aliphatic heterocycles. The molecule has 0 amide bonds. The number of aromatic nitrogens is 3. The van der Waals surface area contributed by atoms with Crippen LogP contribution in [0.5, 0.6) is 5.88 Å². The number of aliphatic hydroxyl groups is 1. The lowest BCUT2D eigenvalue weighted by Crippen LogP contribution is -2.59. The van der Waals surface area contributed by atoms with Gasteiger partial charge in [0.25, 0.3) is 0 Å². The monoisotopic (exact) mass is 434 g/mol. The zero-order valence-corrected chi connectivity index (χ0v) is 18.1. The van der Waals surface area contributed by atoms with Crippen molar-refractivity contribution in [2.75, 3.05) is 20.2 Å². The molecule has 4 aromatic rings. The smallest absolute Gasteiger partial charge is 0.218 e. The van der Waals surface area contributed by atoms with E-state index in [0.717, 1.165) is 38.9 Å². The van der Waals surface area contributed by atoms with Crippen LogP contribution < -0.4 is 4.74 Å². The van der Waals surface area contributed by atoms with Gasteiger partial charge in [-0.3, -0.25) is 10.00 Å². The number of fused-ring (bicyclic) bond motifs is 1. The number of hydrogen-bond acceptors (Lipinski definition) is 5. The number of β-amino-alcohol motifs (C(OH)–C–C–N with tert-alkyl or cyclic N) is 1. The van der Waals surface area contributed by atoms with E-state index in [2.05, 4.69) is 15.1 Å². The van der Waals surface area contributed by atoms with Gasteiger partial charge < -0.3 is 9.84 Å². The van der Waals surface area contributed by atoms with E-state index in [1.165, 1.54) is 0 Å². The normalized spacial score (nSPS) is 15.7. The lowest BCUT2D eigenvalue weighted by Gasteiger charge is -2.44. The van der Waals surface area contributed by atoms with Crippen molar-refractivity contribution in [2.24, 2.45) is 0 Å². The maximum atomic E-state index is 9.97. The SMILES string of the molecule is COc1nc(-c2cccc(-c3cccc4cn[nH]c34)c2Cl)ccc1CN1CC(C)(O)C1. The third-order valence-electron chi connectivity index (χ3n) is 5.70. The summed E-state index contributed by atoms with van der Waals surface area (Å²) in [6, 6.07) is 16.0. The number of aromatic amines is 1. The van der Waals surface area contributed by atoms with Gasteiger partial charge in [-0.05, 0) is 13.0 Å². The number of halogens is 1. The van der Waals surface area contributed by atoms with Crippen LogP contribution in [0.25, 0.3) is 33.3 Å². The lowest BCUT2D eigenvalue weighted by atomic mass is 9.96. The van der Waals surface area contributed by atoms with E-state index in [4.69, 9.17) is 21.3 Å². The van der Waals surface area contributed by atoms with Gasteiger partial charge in [0.1, 0.15) is 0 Å². The summed E-state index contributed by atoms with van der Waals surface area (Å²) in [5.74, 6) is 0.571. The van der Waals surface area contributed by atoms with Crippen LogP contribution in [0.3, 0.4) is 0 Å². The fourth-order valence-corrected chi connectivity index (χ4v) is 4.64. The Labute approximate surface area is 185 Å². The van der Waals surface area contributed by atoms with Crippen molar-refractivity contribution in [3.63, 3.8) is 0 Å². The highest BCUT2D eigenvalue weighted by molar-refractivity contribution is 6.36. The van der Waals surface area contributed by atoms with Crippen LogP contribution in [0.4, 0.5) is 0 Å². The van der Waals surface area contributed by atoms with E-state index in [0.29, 0.717) is 30.5 Å². The number of ether oxygens (including phenoxy) is 1.